The highest BCUT2D eigenvalue weighted by molar-refractivity contribution is 8.18. The molecule has 3 amide bonds. The SMILES string of the molecule is O=C(CN1C(=O)SC(=Cc2ccc(-c3ccccc3[N+](=O)[O-])o2)C1=O)N1CCN(c2ccccc2)CC1. The van der Waals surface area contributed by atoms with Gasteiger partial charge in [0.05, 0.1) is 15.4 Å². The van der Waals surface area contributed by atoms with Crippen molar-refractivity contribution < 1.29 is 23.7 Å². The van der Waals surface area contributed by atoms with E-state index >= 15 is 0 Å². The lowest BCUT2D eigenvalue weighted by atomic mass is 10.1. The van der Waals surface area contributed by atoms with Crippen LogP contribution in [0.5, 0.6) is 0 Å². The molecule has 0 spiro atoms. The van der Waals surface area contributed by atoms with Crippen molar-refractivity contribution in [1.29, 1.82) is 0 Å². The molecule has 0 radical (unpaired) electrons. The fraction of sp³-hybridized carbons (Fsp3) is 0.192. The van der Waals surface area contributed by atoms with Crippen LogP contribution in [0.25, 0.3) is 17.4 Å². The average Bonchev–Trinajstić information content (AvgIpc) is 3.49. The number of nitrogens with zero attached hydrogens (tertiary/aromatic N) is 4. The van der Waals surface area contributed by atoms with Crippen LogP contribution in [-0.2, 0) is 9.59 Å². The first-order valence-corrected chi connectivity index (χ1v) is 12.4. The van der Waals surface area contributed by atoms with Crippen LogP contribution in [-0.4, -0.2) is 64.5 Å². The van der Waals surface area contributed by atoms with Crippen LogP contribution in [0, 0.1) is 10.1 Å². The molecule has 3 heterocycles. The molecule has 0 atom stereocenters. The summed E-state index contributed by atoms with van der Waals surface area (Å²) in [5, 5.41) is 10.8. The Kier molecular flexibility index (Phi) is 6.78. The number of benzene rings is 2. The fourth-order valence-electron chi connectivity index (χ4n) is 4.27. The Labute approximate surface area is 216 Å². The zero-order valence-corrected chi connectivity index (χ0v) is 20.4. The van der Waals surface area contributed by atoms with Crippen molar-refractivity contribution in [2.75, 3.05) is 37.6 Å². The summed E-state index contributed by atoms with van der Waals surface area (Å²) in [6, 6.07) is 19.2. The van der Waals surface area contributed by atoms with E-state index < -0.39 is 16.1 Å². The van der Waals surface area contributed by atoms with Crippen molar-refractivity contribution in [3.05, 3.63) is 87.5 Å². The molecule has 0 bridgehead atoms. The van der Waals surface area contributed by atoms with E-state index in [4.69, 9.17) is 4.42 Å². The van der Waals surface area contributed by atoms with Crippen molar-refractivity contribution >= 4 is 46.3 Å². The molecule has 1 aromatic heterocycles. The quantitative estimate of drug-likeness (QED) is 0.270. The molecule has 0 aliphatic carbocycles. The van der Waals surface area contributed by atoms with Crippen molar-refractivity contribution in [3.63, 3.8) is 0 Å². The van der Waals surface area contributed by atoms with Crippen molar-refractivity contribution in [1.82, 2.24) is 9.80 Å². The molecule has 2 fully saturated rings. The maximum absolute atomic E-state index is 12.9. The molecule has 3 aromatic rings. The number of carbonyl (C=O) groups excluding carboxylic acids is 3. The van der Waals surface area contributed by atoms with Crippen LogP contribution in [0.2, 0.25) is 0 Å². The minimum absolute atomic E-state index is 0.105. The Hall–Kier alpha value is -4.38. The summed E-state index contributed by atoms with van der Waals surface area (Å²) >= 11 is 0.727. The van der Waals surface area contributed by atoms with Crippen molar-refractivity contribution in [2.45, 2.75) is 0 Å². The molecule has 11 heteroatoms. The van der Waals surface area contributed by atoms with Gasteiger partial charge in [-0.15, -0.1) is 0 Å². The van der Waals surface area contributed by atoms with Gasteiger partial charge in [-0.2, -0.15) is 0 Å². The van der Waals surface area contributed by atoms with Crippen molar-refractivity contribution in [3.8, 4) is 11.3 Å². The second kappa shape index (κ2) is 10.3. The second-order valence-electron chi connectivity index (χ2n) is 8.45. The number of carbonyl (C=O) groups is 3. The highest BCUT2D eigenvalue weighted by Gasteiger charge is 2.37. The van der Waals surface area contributed by atoms with Gasteiger partial charge in [-0.1, -0.05) is 30.3 Å². The first kappa shape index (κ1) is 24.3. The predicted octanol–water partition coefficient (Wildman–Crippen LogP) is 4.24. The van der Waals surface area contributed by atoms with Gasteiger partial charge in [0.2, 0.25) is 5.91 Å². The fourth-order valence-corrected chi connectivity index (χ4v) is 5.09. The van der Waals surface area contributed by atoms with E-state index in [9.17, 15) is 24.5 Å². The summed E-state index contributed by atoms with van der Waals surface area (Å²) in [7, 11) is 0. The Morgan fingerprint density at radius 1 is 0.973 bits per heavy atom. The zero-order valence-electron chi connectivity index (χ0n) is 19.6. The van der Waals surface area contributed by atoms with Gasteiger partial charge in [-0.05, 0) is 42.1 Å². The van der Waals surface area contributed by atoms with Gasteiger partial charge in [0, 0.05) is 44.0 Å². The van der Waals surface area contributed by atoms with Gasteiger partial charge in [0.15, 0.2) is 0 Å². The van der Waals surface area contributed by atoms with Crippen LogP contribution >= 0.6 is 11.8 Å². The summed E-state index contributed by atoms with van der Waals surface area (Å²) < 4.78 is 5.71. The van der Waals surface area contributed by atoms with Gasteiger partial charge < -0.3 is 14.2 Å². The molecule has 10 nitrogen and oxygen atoms in total. The van der Waals surface area contributed by atoms with E-state index in [1.54, 1.807) is 35.2 Å². The van der Waals surface area contributed by atoms with Crippen LogP contribution in [0.1, 0.15) is 5.76 Å². The Bertz CT molecular complexity index is 1390. The van der Waals surface area contributed by atoms with E-state index in [0.29, 0.717) is 31.7 Å². The van der Waals surface area contributed by atoms with Crippen LogP contribution in [0.15, 0.2) is 76.1 Å². The highest BCUT2D eigenvalue weighted by atomic mass is 32.2. The topological polar surface area (TPSA) is 117 Å². The van der Waals surface area contributed by atoms with Crippen molar-refractivity contribution in [2.24, 2.45) is 0 Å². The molecular weight excluding hydrogens is 496 g/mol. The van der Waals surface area contributed by atoms with Gasteiger partial charge in [0.25, 0.3) is 16.8 Å². The van der Waals surface area contributed by atoms with Gasteiger partial charge in [-0.3, -0.25) is 29.4 Å². The van der Waals surface area contributed by atoms with Gasteiger partial charge in [-0.25, -0.2) is 0 Å². The monoisotopic (exact) mass is 518 g/mol. The summed E-state index contributed by atoms with van der Waals surface area (Å²) in [4.78, 5) is 54.0. The molecule has 5 rings (SSSR count). The molecule has 2 aliphatic rings. The first-order chi connectivity index (χ1) is 17.9. The van der Waals surface area contributed by atoms with E-state index in [1.165, 1.54) is 12.1 Å². The first-order valence-electron chi connectivity index (χ1n) is 11.6. The second-order valence-corrected chi connectivity index (χ2v) is 9.44. The molecule has 2 saturated heterocycles. The minimum atomic E-state index is -0.574. The number of imide groups is 1. The summed E-state index contributed by atoms with van der Waals surface area (Å²) in [6.07, 6.45) is 1.41. The molecule has 2 aromatic carbocycles. The average molecular weight is 519 g/mol. The number of anilines is 1. The van der Waals surface area contributed by atoms with Crippen LogP contribution in [0.4, 0.5) is 16.2 Å². The normalized spacial score (nSPS) is 17.1. The third-order valence-corrected chi connectivity index (χ3v) is 7.09. The number of para-hydroxylation sites is 2. The standard InChI is InChI=1S/C26H22N4O6S/c31-24(28-14-12-27(13-15-28)18-6-2-1-3-7-18)17-29-25(32)23(37-26(29)33)16-19-10-11-22(36-19)20-8-4-5-9-21(20)30(34)35/h1-11,16H,12-15,17H2. The van der Waals surface area contributed by atoms with E-state index in [-0.39, 0.29) is 34.6 Å². The molecule has 0 unspecified atom stereocenters. The Morgan fingerprint density at radius 3 is 2.41 bits per heavy atom. The molecule has 0 saturated carbocycles. The number of amides is 3. The largest absolute Gasteiger partial charge is 0.456 e. The number of nitro groups is 1. The van der Waals surface area contributed by atoms with E-state index in [0.717, 1.165) is 22.3 Å². The maximum Gasteiger partial charge on any atom is 0.294 e. The lowest BCUT2D eigenvalue weighted by Crippen LogP contribution is -2.51. The lowest BCUT2D eigenvalue weighted by molar-refractivity contribution is -0.384. The smallest absolute Gasteiger partial charge is 0.294 e. The number of nitro benzene ring substituents is 1. The molecule has 2 aliphatic heterocycles. The highest BCUT2D eigenvalue weighted by Crippen LogP contribution is 2.35. The van der Waals surface area contributed by atoms with Crippen LogP contribution < -0.4 is 4.90 Å². The third kappa shape index (κ3) is 5.12. The number of hydrogen-bond donors (Lipinski definition) is 0. The summed E-state index contributed by atoms with van der Waals surface area (Å²) in [5.41, 5.74) is 1.29. The maximum atomic E-state index is 12.9. The number of thioether (sulfide) groups is 1. The Balaban J connectivity index is 1.23. The zero-order chi connectivity index (χ0) is 25.9. The lowest BCUT2D eigenvalue weighted by Gasteiger charge is -2.36. The van der Waals surface area contributed by atoms with Crippen LogP contribution in [0.3, 0.4) is 0 Å². The summed E-state index contributed by atoms with van der Waals surface area (Å²) in [6.45, 7) is 2.00. The summed E-state index contributed by atoms with van der Waals surface area (Å²) in [5.74, 6) is -0.326. The van der Waals surface area contributed by atoms with Gasteiger partial charge in [0.1, 0.15) is 18.1 Å². The Morgan fingerprint density at radius 2 is 1.68 bits per heavy atom. The predicted molar refractivity (Wildman–Crippen MR) is 139 cm³/mol. The molecule has 37 heavy (non-hydrogen) atoms. The van der Waals surface area contributed by atoms with E-state index in [2.05, 4.69) is 4.90 Å². The number of furan rings is 1. The van der Waals surface area contributed by atoms with Gasteiger partial charge >= 0.3 is 0 Å². The molecular formula is C26H22N4O6S. The molecule has 0 N–H and O–H groups in total. The minimum Gasteiger partial charge on any atom is -0.456 e. The number of hydrogen-bond acceptors (Lipinski definition) is 8. The number of piperazine rings is 1. The number of rotatable bonds is 6. The van der Waals surface area contributed by atoms with E-state index in [1.807, 2.05) is 30.3 Å². The molecule has 188 valence electrons. The third-order valence-electron chi connectivity index (χ3n) is 6.19.